The Morgan fingerprint density at radius 2 is 2.03 bits per heavy atom. The molecule has 3 atom stereocenters. The van der Waals surface area contributed by atoms with Gasteiger partial charge in [0.2, 0.25) is 0 Å². The fraction of sp³-hybridized carbons (Fsp3) is 0.350. The summed E-state index contributed by atoms with van der Waals surface area (Å²) in [5.41, 5.74) is 0.172. The number of aliphatic hydroxyl groups is 1. The second-order valence-electron chi connectivity index (χ2n) is 8.06. The zero-order valence-corrected chi connectivity index (χ0v) is 17.5. The lowest BCUT2D eigenvalue weighted by atomic mass is 10.0. The van der Waals surface area contributed by atoms with Crippen LogP contribution in [0.25, 0.3) is 5.65 Å². The molecule has 8 nitrogen and oxygen atoms in total. The summed E-state index contributed by atoms with van der Waals surface area (Å²) in [5, 5.41) is 18.7. The predicted octanol–water partition coefficient (Wildman–Crippen LogP) is 3.50. The van der Waals surface area contributed by atoms with E-state index < -0.39 is 48.2 Å². The van der Waals surface area contributed by atoms with E-state index >= 15 is 0 Å². The van der Waals surface area contributed by atoms with Gasteiger partial charge >= 0.3 is 6.03 Å². The fourth-order valence-corrected chi connectivity index (χ4v) is 4.18. The van der Waals surface area contributed by atoms with Crippen molar-refractivity contribution in [3.8, 4) is 0 Å². The van der Waals surface area contributed by atoms with Crippen LogP contribution in [0.4, 0.5) is 33.9 Å². The second kappa shape index (κ2) is 7.73. The zero-order chi connectivity index (χ0) is 23.5. The molecule has 3 heterocycles. The standard InChI is InChI=1S/C20H17ClF4N6O2/c21-17-16(28-19(33)26-14-7-20(14,24)25)18-27-15(3-4-31(18)29-17)30-8-10(32)6-13(30)11-5-9(22)1-2-12(11)23/h1-5,10,13-14,32H,6-8H2,(H2,26,28,33)/t10-,13-,14?/m1/s1. The van der Waals surface area contributed by atoms with Gasteiger partial charge in [0.25, 0.3) is 5.92 Å². The Hall–Kier alpha value is -3.12. The number of amides is 2. The van der Waals surface area contributed by atoms with Crippen LogP contribution in [0, 0.1) is 11.6 Å². The van der Waals surface area contributed by atoms with Crippen molar-refractivity contribution in [3.63, 3.8) is 0 Å². The monoisotopic (exact) mass is 484 g/mol. The highest BCUT2D eigenvalue weighted by Gasteiger charge is 2.58. The highest BCUT2D eigenvalue weighted by molar-refractivity contribution is 6.33. The van der Waals surface area contributed by atoms with Crippen molar-refractivity contribution in [2.24, 2.45) is 0 Å². The van der Waals surface area contributed by atoms with Crippen LogP contribution < -0.4 is 15.5 Å². The number of halogens is 5. The van der Waals surface area contributed by atoms with Crippen LogP contribution in [0.3, 0.4) is 0 Å². The smallest absolute Gasteiger partial charge is 0.319 e. The Morgan fingerprint density at radius 1 is 1.27 bits per heavy atom. The SMILES string of the molecule is O=C(Nc1c(Cl)nn2ccc(N3C[C@H](O)C[C@@H]3c3cc(F)ccc3F)nc12)NC1CC1(F)F. The van der Waals surface area contributed by atoms with Gasteiger partial charge in [0.15, 0.2) is 10.8 Å². The van der Waals surface area contributed by atoms with Gasteiger partial charge in [-0.05, 0) is 30.7 Å². The molecule has 1 unspecified atom stereocenters. The summed E-state index contributed by atoms with van der Waals surface area (Å²) >= 11 is 6.11. The number of fused-ring (bicyclic) bond motifs is 1. The second-order valence-corrected chi connectivity index (χ2v) is 8.42. The highest BCUT2D eigenvalue weighted by atomic mass is 35.5. The number of aromatic nitrogens is 3. The molecule has 1 saturated carbocycles. The molecule has 1 saturated heterocycles. The predicted molar refractivity (Wildman–Crippen MR) is 111 cm³/mol. The van der Waals surface area contributed by atoms with Crippen LogP contribution in [0.15, 0.2) is 30.5 Å². The molecule has 2 fully saturated rings. The molecule has 2 aliphatic rings. The van der Waals surface area contributed by atoms with Gasteiger partial charge in [-0.15, -0.1) is 0 Å². The van der Waals surface area contributed by atoms with Crippen molar-refractivity contribution in [1.82, 2.24) is 19.9 Å². The molecule has 13 heteroatoms. The summed E-state index contributed by atoms with van der Waals surface area (Å²) in [6, 6.07) is 1.81. The van der Waals surface area contributed by atoms with E-state index in [0.29, 0.717) is 5.82 Å². The Kier molecular flexibility index (Phi) is 5.09. The largest absolute Gasteiger partial charge is 0.391 e. The first-order valence-corrected chi connectivity index (χ1v) is 10.4. The highest BCUT2D eigenvalue weighted by Crippen LogP contribution is 2.42. The third-order valence-corrected chi connectivity index (χ3v) is 5.95. The average Bonchev–Trinajstić information content (AvgIpc) is 3.05. The molecule has 3 aromatic rings. The maximum Gasteiger partial charge on any atom is 0.319 e. The topological polar surface area (TPSA) is 94.8 Å². The van der Waals surface area contributed by atoms with E-state index in [1.807, 2.05) is 0 Å². The van der Waals surface area contributed by atoms with E-state index in [0.717, 1.165) is 18.2 Å². The van der Waals surface area contributed by atoms with Crippen LogP contribution in [0.5, 0.6) is 0 Å². The summed E-state index contributed by atoms with van der Waals surface area (Å²) in [5.74, 6) is -3.88. The summed E-state index contributed by atoms with van der Waals surface area (Å²) in [6.45, 7) is 0.103. The van der Waals surface area contributed by atoms with Crippen molar-refractivity contribution in [1.29, 1.82) is 0 Å². The molecule has 33 heavy (non-hydrogen) atoms. The van der Waals surface area contributed by atoms with Crippen LogP contribution in [0.2, 0.25) is 5.15 Å². The van der Waals surface area contributed by atoms with Gasteiger partial charge in [0.05, 0.1) is 12.1 Å². The lowest BCUT2D eigenvalue weighted by Gasteiger charge is -2.26. The molecule has 0 radical (unpaired) electrons. The number of hydrogen-bond acceptors (Lipinski definition) is 5. The Bertz CT molecular complexity index is 1250. The van der Waals surface area contributed by atoms with Crippen molar-refractivity contribution < 1.29 is 27.5 Å². The molecule has 5 rings (SSSR count). The van der Waals surface area contributed by atoms with Gasteiger partial charge in [-0.3, -0.25) is 0 Å². The Labute approximate surface area is 189 Å². The van der Waals surface area contributed by atoms with E-state index in [1.165, 1.54) is 10.7 Å². The van der Waals surface area contributed by atoms with E-state index in [9.17, 15) is 27.5 Å². The molecule has 0 bridgehead atoms. The maximum absolute atomic E-state index is 14.4. The number of rotatable bonds is 4. The molecule has 0 spiro atoms. The number of carbonyl (C=O) groups excluding carboxylic acids is 1. The number of hydrogen-bond donors (Lipinski definition) is 3. The number of urea groups is 1. The Balaban J connectivity index is 1.46. The maximum atomic E-state index is 14.4. The lowest BCUT2D eigenvalue weighted by molar-refractivity contribution is 0.108. The first kappa shape index (κ1) is 21.7. The van der Waals surface area contributed by atoms with Crippen LogP contribution in [-0.4, -0.2) is 50.3 Å². The van der Waals surface area contributed by atoms with Crippen molar-refractivity contribution >= 4 is 34.8 Å². The quantitative estimate of drug-likeness (QED) is 0.493. The number of nitrogens with zero attached hydrogens (tertiary/aromatic N) is 4. The summed E-state index contributed by atoms with van der Waals surface area (Å²) in [6.07, 6.45) is 0.385. The normalized spacial score (nSPS) is 23.7. The minimum absolute atomic E-state index is 0.00628. The number of nitrogens with one attached hydrogen (secondary N) is 2. The number of aliphatic hydroxyl groups excluding tert-OH is 1. The van der Waals surface area contributed by atoms with Crippen LogP contribution in [-0.2, 0) is 0 Å². The number of anilines is 2. The molecule has 174 valence electrons. The number of benzene rings is 1. The van der Waals surface area contributed by atoms with E-state index in [-0.39, 0.29) is 35.0 Å². The van der Waals surface area contributed by atoms with Gasteiger partial charge in [-0.1, -0.05) is 11.6 Å². The summed E-state index contributed by atoms with van der Waals surface area (Å²) < 4.78 is 55.6. The third-order valence-electron chi connectivity index (χ3n) is 5.69. The molecule has 2 aromatic heterocycles. The zero-order valence-electron chi connectivity index (χ0n) is 16.8. The van der Waals surface area contributed by atoms with E-state index in [2.05, 4.69) is 20.7 Å². The van der Waals surface area contributed by atoms with Crippen molar-refractivity contribution in [2.75, 3.05) is 16.8 Å². The summed E-state index contributed by atoms with van der Waals surface area (Å²) in [7, 11) is 0. The molecular weight excluding hydrogens is 468 g/mol. The molecule has 1 aromatic carbocycles. The van der Waals surface area contributed by atoms with E-state index in [4.69, 9.17) is 11.6 Å². The molecule has 3 N–H and O–H groups in total. The van der Waals surface area contributed by atoms with Crippen molar-refractivity contribution in [2.45, 2.75) is 37.0 Å². The van der Waals surface area contributed by atoms with E-state index in [1.54, 1.807) is 11.0 Å². The summed E-state index contributed by atoms with van der Waals surface area (Å²) in [4.78, 5) is 18.2. The molecule has 2 amide bonds. The van der Waals surface area contributed by atoms with Gasteiger partial charge < -0.3 is 20.6 Å². The van der Waals surface area contributed by atoms with Gasteiger partial charge in [-0.25, -0.2) is 31.9 Å². The first-order chi connectivity index (χ1) is 15.6. The molecular formula is C20H17ClF4N6O2. The molecule has 1 aliphatic heterocycles. The average molecular weight is 485 g/mol. The van der Waals surface area contributed by atoms with Gasteiger partial charge in [0.1, 0.15) is 29.2 Å². The van der Waals surface area contributed by atoms with Gasteiger partial charge in [-0.2, -0.15) is 5.10 Å². The number of β-amino-alcohol motifs (C(OH)–C–C–N with tert-alkyl or cyclic N) is 1. The van der Waals surface area contributed by atoms with Crippen molar-refractivity contribution in [3.05, 3.63) is 52.8 Å². The fourth-order valence-electron chi connectivity index (χ4n) is 3.97. The number of carbonyl (C=O) groups is 1. The first-order valence-electron chi connectivity index (χ1n) is 10.0. The molecule has 1 aliphatic carbocycles. The van der Waals surface area contributed by atoms with Crippen LogP contribution >= 0.6 is 11.6 Å². The third kappa shape index (κ3) is 4.04. The minimum Gasteiger partial charge on any atom is -0.391 e. The van der Waals surface area contributed by atoms with Crippen LogP contribution in [0.1, 0.15) is 24.4 Å². The Morgan fingerprint density at radius 3 is 2.76 bits per heavy atom. The lowest BCUT2D eigenvalue weighted by Crippen LogP contribution is -2.33. The minimum atomic E-state index is -2.94. The number of alkyl halides is 2. The van der Waals surface area contributed by atoms with Gasteiger partial charge in [0, 0.05) is 24.7 Å².